The lowest BCUT2D eigenvalue weighted by Gasteiger charge is -2.44. The SMILES string of the molecule is CC1(C)c2ccccc2-c2ccc(C3(O)CC4CCC(C3)N4Cc3ccccc3)cc21. The molecule has 0 saturated carbocycles. The monoisotopic (exact) mass is 409 g/mol. The van der Waals surface area contributed by atoms with Crippen molar-refractivity contribution < 1.29 is 5.11 Å². The van der Waals surface area contributed by atoms with E-state index in [0.29, 0.717) is 12.1 Å². The van der Waals surface area contributed by atoms with E-state index in [9.17, 15) is 5.11 Å². The third-order valence-electron chi connectivity index (χ3n) is 8.25. The van der Waals surface area contributed by atoms with Crippen LogP contribution in [0.2, 0.25) is 0 Å². The highest BCUT2D eigenvalue weighted by atomic mass is 16.3. The molecule has 2 bridgehead atoms. The summed E-state index contributed by atoms with van der Waals surface area (Å²) in [5, 5.41) is 11.9. The van der Waals surface area contributed by atoms with Crippen LogP contribution in [-0.2, 0) is 17.6 Å². The van der Waals surface area contributed by atoms with Crippen molar-refractivity contribution in [3.8, 4) is 11.1 Å². The van der Waals surface area contributed by atoms with Crippen LogP contribution in [0.3, 0.4) is 0 Å². The average molecular weight is 410 g/mol. The molecule has 3 aliphatic rings. The second-order valence-corrected chi connectivity index (χ2v) is 10.4. The second kappa shape index (κ2) is 6.79. The van der Waals surface area contributed by atoms with Gasteiger partial charge in [0.05, 0.1) is 5.60 Å². The predicted octanol–water partition coefficient (Wildman–Crippen LogP) is 6.01. The molecule has 6 rings (SSSR count). The van der Waals surface area contributed by atoms with E-state index in [-0.39, 0.29) is 5.41 Å². The van der Waals surface area contributed by atoms with Gasteiger partial charge in [-0.25, -0.2) is 0 Å². The summed E-state index contributed by atoms with van der Waals surface area (Å²) in [4.78, 5) is 2.65. The first-order valence-electron chi connectivity index (χ1n) is 11.7. The Morgan fingerprint density at radius 3 is 2.19 bits per heavy atom. The molecule has 1 aliphatic carbocycles. The summed E-state index contributed by atoms with van der Waals surface area (Å²) >= 11 is 0. The topological polar surface area (TPSA) is 23.5 Å². The summed E-state index contributed by atoms with van der Waals surface area (Å²) in [6.07, 6.45) is 4.06. The predicted molar refractivity (Wildman–Crippen MR) is 126 cm³/mol. The van der Waals surface area contributed by atoms with Crippen LogP contribution >= 0.6 is 0 Å². The van der Waals surface area contributed by atoms with E-state index in [0.717, 1.165) is 24.9 Å². The minimum absolute atomic E-state index is 0.0225. The zero-order valence-corrected chi connectivity index (χ0v) is 18.5. The molecule has 1 N–H and O–H groups in total. The van der Waals surface area contributed by atoms with Crippen molar-refractivity contribution in [1.29, 1.82) is 0 Å². The van der Waals surface area contributed by atoms with Crippen LogP contribution in [0.25, 0.3) is 11.1 Å². The van der Waals surface area contributed by atoms with Gasteiger partial charge in [0, 0.05) is 24.0 Å². The number of piperidine rings is 1. The van der Waals surface area contributed by atoms with Gasteiger partial charge in [-0.05, 0) is 59.1 Å². The van der Waals surface area contributed by atoms with Crippen LogP contribution in [0.15, 0.2) is 72.8 Å². The highest BCUT2D eigenvalue weighted by Crippen LogP contribution is 2.51. The fourth-order valence-corrected chi connectivity index (χ4v) is 6.60. The smallest absolute Gasteiger partial charge is 0.0926 e. The fraction of sp³-hybridized carbons (Fsp3) is 0.379. The molecule has 0 radical (unpaired) electrons. The van der Waals surface area contributed by atoms with E-state index in [2.05, 4.69) is 91.5 Å². The summed E-state index contributed by atoms with van der Waals surface area (Å²) in [7, 11) is 0. The number of hydrogen-bond donors (Lipinski definition) is 1. The molecule has 2 unspecified atom stereocenters. The van der Waals surface area contributed by atoms with Crippen LogP contribution in [0, 0.1) is 0 Å². The van der Waals surface area contributed by atoms with Crippen LogP contribution in [0.1, 0.15) is 61.8 Å². The highest BCUT2D eigenvalue weighted by molar-refractivity contribution is 5.81. The summed E-state index contributed by atoms with van der Waals surface area (Å²) in [6, 6.07) is 27.2. The Labute approximate surface area is 185 Å². The quantitative estimate of drug-likeness (QED) is 0.573. The molecule has 2 fully saturated rings. The summed E-state index contributed by atoms with van der Waals surface area (Å²) in [5.74, 6) is 0. The Morgan fingerprint density at radius 1 is 0.806 bits per heavy atom. The van der Waals surface area contributed by atoms with E-state index in [4.69, 9.17) is 0 Å². The van der Waals surface area contributed by atoms with Crippen LogP contribution in [0.5, 0.6) is 0 Å². The molecular formula is C29H31NO. The van der Waals surface area contributed by atoms with E-state index >= 15 is 0 Å². The van der Waals surface area contributed by atoms with Gasteiger partial charge in [-0.1, -0.05) is 86.6 Å². The third kappa shape index (κ3) is 2.92. The van der Waals surface area contributed by atoms with Gasteiger partial charge in [0.15, 0.2) is 0 Å². The number of benzene rings is 3. The number of hydrogen-bond acceptors (Lipinski definition) is 2. The Kier molecular flexibility index (Phi) is 4.22. The Balaban J connectivity index is 1.31. The molecule has 3 aromatic rings. The van der Waals surface area contributed by atoms with Crippen molar-refractivity contribution in [2.45, 2.75) is 69.2 Å². The van der Waals surface area contributed by atoms with Crippen LogP contribution < -0.4 is 0 Å². The van der Waals surface area contributed by atoms with Gasteiger partial charge >= 0.3 is 0 Å². The van der Waals surface area contributed by atoms with Crippen LogP contribution in [-0.4, -0.2) is 22.1 Å². The lowest BCUT2D eigenvalue weighted by molar-refractivity contribution is -0.0595. The summed E-state index contributed by atoms with van der Waals surface area (Å²) in [5.41, 5.74) is 7.18. The maximum atomic E-state index is 11.9. The third-order valence-corrected chi connectivity index (χ3v) is 8.25. The van der Waals surface area contributed by atoms with Crippen LogP contribution in [0.4, 0.5) is 0 Å². The molecule has 2 saturated heterocycles. The van der Waals surface area contributed by atoms with Crippen molar-refractivity contribution in [2.24, 2.45) is 0 Å². The fourth-order valence-electron chi connectivity index (χ4n) is 6.60. The lowest BCUT2D eigenvalue weighted by atomic mass is 9.77. The first kappa shape index (κ1) is 19.3. The van der Waals surface area contributed by atoms with Gasteiger partial charge in [-0.3, -0.25) is 4.90 Å². The van der Waals surface area contributed by atoms with Crippen molar-refractivity contribution in [3.05, 3.63) is 95.1 Å². The minimum atomic E-state index is -0.723. The Hall–Kier alpha value is -2.42. The van der Waals surface area contributed by atoms with Crippen molar-refractivity contribution >= 4 is 0 Å². The molecule has 2 nitrogen and oxygen atoms in total. The molecule has 158 valence electrons. The van der Waals surface area contributed by atoms with E-state index < -0.39 is 5.60 Å². The van der Waals surface area contributed by atoms with E-state index in [1.54, 1.807) is 0 Å². The second-order valence-electron chi connectivity index (χ2n) is 10.4. The normalized spacial score (nSPS) is 28.4. The molecule has 0 amide bonds. The van der Waals surface area contributed by atoms with Gasteiger partial charge in [0.2, 0.25) is 0 Å². The number of fused-ring (bicyclic) bond motifs is 5. The van der Waals surface area contributed by atoms with Gasteiger partial charge in [0.1, 0.15) is 0 Å². The molecule has 3 aromatic carbocycles. The maximum Gasteiger partial charge on any atom is 0.0926 e. The molecule has 2 heterocycles. The molecule has 2 heteroatoms. The van der Waals surface area contributed by atoms with Gasteiger partial charge in [0.25, 0.3) is 0 Å². The number of rotatable bonds is 3. The Bertz CT molecular complexity index is 1120. The Morgan fingerprint density at radius 2 is 1.45 bits per heavy atom. The van der Waals surface area contributed by atoms with E-state index in [1.807, 2.05) is 0 Å². The largest absolute Gasteiger partial charge is 0.385 e. The average Bonchev–Trinajstić information content (AvgIpc) is 3.16. The zero-order valence-electron chi connectivity index (χ0n) is 18.5. The highest BCUT2D eigenvalue weighted by Gasteiger charge is 2.48. The first-order chi connectivity index (χ1) is 15.0. The summed E-state index contributed by atoms with van der Waals surface area (Å²) in [6.45, 7) is 5.63. The molecule has 0 spiro atoms. The lowest BCUT2D eigenvalue weighted by Crippen LogP contribution is -2.49. The maximum absolute atomic E-state index is 11.9. The summed E-state index contributed by atoms with van der Waals surface area (Å²) < 4.78 is 0. The molecule has 2 aliphatic heterocycles. The zero-order chi connectivity index (χ0) is 21.2. The van der Waals surface area contributed by atoms with Gasteiger partial charge in [-0.15, -0.1) is 0 Å². The molecule has 31 heavy (non-hydrogen) atoms. The minimum Gasteiger partial charge on any atom is -0.385 e. The standard InChI is InChI=1S/C29H31NO/c1-28(2)26-11-7-6-10-24(26)25-15-12-21(16-27(25)28)29(31)17-22-13-14-23(18-29)30(22)19-20-8-4-3-5-9-20/h3-12,15-16,22-23,31H,13-14,17-19H2,1-2H3. The number of nitrogens with zero attached hydrogens (tertiary/aromatic N) is 1. The molecule has 2 atom stereocenters. The molecular weight excluding hydrogens is 378 g/mol. The molecule has 0 aromatic heterocycles. The number of aliphatic hydroxyl groups is 1. The van der Waals surface area contributed by atoms with Crippen molar-refractivity contribution in [1.82, 2.24) is 4.90 Å². The van der Waals surface area contributed by atoms with Crippen molar-refractivity contribution in [2.75, 3.05) is 0 Å². The van der Waals surface area contributed by atoms with Gasteiger partial charge < -0.3 is 5.11 Å². The van der Waals surface area contributed by atoms with E-state index in [1.165, 1.54) is 40.7 Å². The van der Waals surface area contributed by atoms with Gasteiger partial charge in [-0.2, -0.15) is 0 Å². The van der Waals surface area contributed by atoms with Crippen molar-refractivity contribution in [3.63, 3.8) is 0 Å². The first-order valence-corrected chi connectivity index (χ1v) is 11.7.